The summed E-state index contributed by atoms with van der Waals surface area (Å²) in [6.07, 6.45) is 2.48. The molecule has 1 amide bonds. The molecule has 0 radical (unpaired) electrons. The number of thioether (sulfide) groups is 1. The Labute approximate surface area is 194 Å². The Bertz CT molecular complexity index is 1080. The number of rotatable bonds is 10. The predicted octanol–water partition coefficient (Wildman–Crippen LogP) is 5.51. The number of benzene rings is 2. The summed E-state index contributed by atoms with van der Waals surface area (Å²) in [5.74, 6) is 1.63. The van der Waals surface area contributed by atoms with E-state index < -0.39 is 0 Å². The van der Waals surface area contributed by atoms with E-state index in [2.05, 4.69) is 41.1 Å². The van der Waals surface area contributed by atoms with Crippen molar-refractivity contribution in [2.45, 2.75) is 51.9 Å². The largest absolute Gasteiger partial charge is 0.483 e. The summed E-state index contributed by atoms with van der Waals surface area (Å²) in [6.45, 7) is 12.4. The maximum Gasteiger partial charge on any atom is 0.234 e. The fourth-order valence-corrected chi connectivity index (χ4v) is 4.01. The fourth-order valence-electron chi connectivity index (χ4n) is 3.26. The molecule has 7 heteroatoms. The maximum atomic E-state index is 12.5. The van der Waals surface area contributed by atoms with E-state index in [1.165, 1.54) is 17.3 Å². The zero-order valence-electron chi connectivity index (χ0n) is 19.1. The first-order chi connectivity index (χ1) is 15.4. The minimum absolute atomic E-state index is 0.0845. The summed E-state index contributed by atoms with van der Waals surface area (Å²) in [4.78, 5) is 12.5. The smallest absolute Gasteiger partial charge is 0.234 e. The number of anilines is 1. The van der Waals surface area contributed by atoms with Gasteiger partial charge in [0.1, 0.15) is 5.75 Å². The zero-order chi connectivity index (χ0) is 23.1. The molecule has 168 valence electrons. The van der Waals surface area contributed by atoms with Crippen LogP contribution in [-0.2, 0) is 17.8 Å². The second-order valence-electron chi connectivity index (χ2n) is 7.65. The Hall–Kier alpha value is -3.06. The molecule has 1 N–H and O–H groups in total. The van der Waals surface area contributed by atoms with Crippen molar-refractivity contribution in [3.8, 4) is 5.75 Å². The Morgan fingerprint density at radius 2 is 1.97 bits per heavy atom. The summed E-state index contributed by atoms with van der Waals surface area (Å²) in [7, 11) is 0. The van der Waals surface area contributed by atoms with Gasteiger partial charge in [-0.2, -0.15) is 0 Å². The number of hydrogen-bond donors (Lipinski definition) is 1. The van der Waals surface area contributed by atoms with Gasteiger partial charge in [-0.05, 0) is 62.1 Å². The molecule has 3 aromatic rings. The van der Waals surface area contributed by atoms with Crippen molar-refractivity contribution in [3.63, 3.8) is 0 Å². The van der Waals surface area contributed by atoms with Crippen molar-refractivity contribution < 1.29 is 9.53 Å². The van der Waals surface area contributed by atoms with Gasteiger partial charge >= 0.3 is 0 Å². The number of amides is 1. The van der Waals surface area contributed by atoms with Crippen molar-refractivity contribution >= 4 is 23.4 Å². The van der Waals surface area contributed by atoms with Crippen LogP contribution in [0.5, 0.6) is 5.75 Å². The van der Waals surface area contributed by atoms with E-state index in [4.69, 9.17) is 4.74 Å². The lowest BCUT2D eigenvalue weighted by Gasteiger charge is -2.16. The molecule has 32 heavy (non-hydrogen) atoms. The normalized spacial score (nSPS) is 11.8. The molecule has 2 aromatic carbocycles. The highest BCUT2D eigenvalue weighted by Crippen LogP contribution is 2.25. The van der Waals surface area contributed by atoms with Gasteiger partial charge in [0.15, 0.2) is 17.1 Å². The van der Waals surface area contributed by atoms with Crippen LogP contribution in [0.2, 0.25) is 0 Å². The van der Waals surface area contributed by atoms with Crippen LogP contribution in [0, 0.1) is 13.8 Å². The number of hydrogen-bond acceptors (Lipinski definition) is 5. The molecule has 0 spiro atoms. The lowest BCUT2D eigenvalue weighted by molar-refractivity contribution is -0.113. The highest BCUT2D eigenvalue weighted by molar-refractivity contribution is 7.99. The summed E-state index contributed by atoms with van der Waals surface area (Å²) >= 11 is 1.35. The van der Waals surface area contributed by atoms with E-state index in [1.807, 2.05) is 55.7 Å². The highest BCUT2D eigenvalue weighted by atomic mass is 32.2. The highest BCUT2D eigenvalue weighted by Gasteiger charge is 2.20. The first-order valence-electron chi connectivity index (χ1n) is 10.7. The van der Waals surface area contributed by atoms with Gasteiger partial charge in [-0.25, -0.2) is 0 Å². The van der Waals surface area contributed by atoms with Crippen LogP contribution in [0.25, 0.3) is 0 Å². The van der Waals surface area contributed by atoms with Crippen LogP contribution >= 0.6 is 11.8 Å². The molecule has 0 bridgehead atoms. The third kappa shape index (κ3) is 6.01. The van der Waals surface area contributed by atoms with E-state index in [1.54, 1.807) is 6.08 Å². The third-order valence-corrected chi connectivity index (χ3v) is 6.03. The maximum absolute atomic E-state index is 12.5. The monoisotopic (exact) mass is 450 g/mol. The van der Waals surface area contributed by atoms with Gasteiger partial charge in [0.05, 0.1) is 5.75 Å². The number of nitrogens with one attached hydrogen (secondary N) is 1. The minimum atomic E-state index is -0.298. The summed E-state index contributed by atoms with van der Waals surface area (Å²) in [5.41, 5.74) is 4.23. The molecule has 1 atom stereocenters. The second-order valence-corrected chi connectivity index (χ2v) is 8.60. The summed E-state index contributed by atoms with van der Waals surface area (Å²) in [6, 6.07) is 14.1. The van der Waals surface area contributed by atoms with E-state index in [0.717, 1.165) is 29.0 Å². The van der Waals surface area contributed by atoms with E-state index in [0.29, 0.717) is 17.5 Å². The summed E-state index contributed by atoms with van der Waals surface area (Å²) < 4.78 is 8.02. The van der Waals surface area contributed by atoms with Crippen molar-refractivity contribution in [1.29, 1.82) is 0 Å². The third-order valence-electron chi connectivity index (χ3n) is 5.06. The molecular weight excluding hydrogens is 420 g/mol. The number of aromatic nitrogens is 3. The van der Waals surface area contributed by atoms with Crippen LogP contribution in [0.15, 0.2) is 60.3 Å². The predicted molar refractivity (Wildman–Crippen MR) is 130 cm³/mol. The Kier molecular flexibility index (Phi) is 8.11. The molecule has 0 fully saturated rings. The molecule has 1 heterocycles. The standard InChI is InChI=1S/C25H30N4O2S/c1-6-14-29-24(19(5)31-21-12-10-20(7-2)11-13-21)27-28-25(29)32-16-23(30)26-22-15-17(3)8-9-18(22)4/h6,8-13,15,19H,1,7,14,16H2,2-5H3,(H,26,30). The zero-order valence-corrected chi connectivity index (χ0v) is 19.9. The molecule has 3 rings (SSSR count). The molecule has 0 aliphatic carbocycles. The average molecular weight is 451 g/mol. The van der Waals surface area contributed by atoms with Crippen LogP contribution in [0.4, 0.5) is 5.69 Å². The van der Waals surface area contributed by atoms with Gasteiger partial charge in [-0.15, -0.1) is 16.8 Å². The van der Waals surface area contributed by atoms with Gasteiger partial charge in [0.25, 0.3) is 0 Å². The number of ether oxygens (including phenoxy) is 1. The number of aryl methyl sites for hydroxylation is 3. The molecular formula is C25H30N4O2S. The number of allylic oxidation sites excluding steroid dienone is 1. The fraction of sp³-hybridized carbons (Fsp3) is 0.320. The first-order valence-corrected chi connectivity index (χ1v) is 11.7. The number of nitrogens with zero attached hydrogens (tertiary/aromatic N) is 3. The second kappa shape index (κ2) is 11.0. The molecule has 0 aliphatic heterocycles. The lowest BCUT2D eigenvalue weighted by atomic mass is 10.1. The van der Waals surface area contributed by atoms with E-state index in [9.17, 15) is 4.79 Å². The first kappa shape index (κ1) is 23.6. The molecule has 1 aromatic heterocycles. The minimum Gasteiger partial charge on any atom is -0.483 e. The quantitative estimate of drug-likeness (QED) is 0.326. The van der Waals surface area contributed by atoms with Gasteiger partial charge < -0.3 is 10.1 Å². The van der Waals surface area contributed by atoms with Gasteiger partial charge in [-0.1, -0.05) is 49.0 Å². The van der Waals surface area contributed by atoms with Crippen LogP contribution in [-0.4, -0.2) is 26.4 Å². The SMILES string of the molecule is C=CCn1c(SCC(=O)Nc2cc(C)ccc2C)nnc1C(C)Oc1ccc(CC)cc1. The molecule has 6 nitrogen and oxygen atoms in total. The Morgan fingerprint density at radius 3 is 2.66 bits per heavy atom. The van der Waals surface area contributed by atoms with Crippen molar-refractivity contribution in [2.75, 3.05) is 11.1 Å². The Morgan fingerprint density at radius 1 is 1.22 bits per heavy atom. The lowest BCUT2D eigenvalue weighted by Crippen LogP contribution is -2.16. The molecule has 0 saturated heterocycles. The average Bonchev–Trinajstić information content (AvgIpc) is 3.18. The van der Waals surface area contributed by atoms with Crippen LogP contribution in [0.3, 0.4) is 0 Å². The number of carbonyl (C=O) groups excluding carboxylic acids is 1. The van der Waals surface area contributed by atoms with Crippen molar-refractivity contribution in [1.82, 2.24) is 14.8 Å². The number of carbonyl (C=O) groups is 1. The van der Waals surface area contributed by atoms with Gasteiger partial charge in [0.2, 0.25) is 5.91 Å². The molecule has 0 saturated carbocycles. The topological polar surface area (TPSA) is 69.0 Å². The van der Waals surface area contributed by atoms with Crippen molar-refractivity contribution in [2.24, 2.45) is 0 Å². The van der Waals surface area contributed by atoms with E-state index in [-0.39, 0.29) is 17.8 Å². The van der Waals surface area contributed by atoms with Crippen LogP contribution < -0.4 is 10.1 Å². The summed E-state index contributed by atoms with van der Waals surface area (Å²) in [5, 5.41) is 12.3. The van der Waals surface area contributed by atoms with Crippen LogP contribution in [0.1, 0.15) is 42.5 Å². The Balaban J connectivity index is 1.67. The van der Waals surface area contributed by atoms with Gasteiger partial charge in [-0.3, -0.25) is 9.36 Å². The van der Waals surface area contributed by atoms with Gasteiger partial charge in [0, 0.05) is 12.2 Å². The van der Waals surface area contributed by atoms with Crippen molar-refractivity contribution in [3.05, 3.63) is 77.6 Å². The molecule has 1 unspecified atom stereocenters. The molecule has 0 aliphatic rings. The van der Waals surface area contributed by atoms with E-state index >= 15 is 0 Å².